The molecule has 0 radical (unpaired) electrons. The molecule has 0 bridgehead atoms. The number of aromatic nitrogens is 3. The average Bonchev–Trinajstić information content (AvgIpc) is 3.83. The Morgan fingerprint density at radius 3 is 2.18 bits per heavy atom. The Kier molecular flexibility index (Phi) is 10.6. The molecular formula is C34H35ClF4N8O3. The first kappa shape index (κ1) is 36.1. The fourth-order valence-corrected chi connectivity index (χ4v) is 4.89. The molecule has 16 heteroatoms. The Bertz CT molecular complexity index is 1840. The standard InChI is InChI=1S/C34H35ClF4N8O3/c1-20-4-10-23(11-5-20)42-28(49)27(48)41-18-32(2,3)17-40-26-13-12-24(16-25(26)36)43-29-44-30(46-31(45-29)50-19-34(37,38)39)47-33(14-15-33)21-6-8-22(35)9-7-21/h4-13,16,40H,14-15,17-19H2,1-3H3,(H,41,48)(H,42,49)(H2,43,44,45,46,47). The number of hydrogen-bond donors (Lipinski definition) is 5. The molecule has 1 aliphatic rings. The van der Waals surface area contributed by atoms with Gasteiger partial charge in [-0.3, -0.25) is 9.59 Å². The van der Waals surface area contributed by atoms with Crippen LogP contribution in [0.5, 0.6) is 6.01 Å². The zero-order valence-electron chi connectivity index (χ0n) is 27.3. The van der Waals surface area contributed by atoms with Crippen molar-refractivity contribution in [1.82, 2.24) is 20.3 Å². The van der Waals surface area contributed by atoms with Crippen LogP contribution >= 0.6 is 11.6 Å². The minimum absolute atomic E-state index is 0.0344. The van der Waals surface area contributed by atoms with Crippen molar-refractivity contribution in [3.63, 3.8) is 0 Å². The molecule has 3 aromatic carbocycles. The van der Waals surface area contributed by atoms with E-state index in [-0.39, 0.29) is 36.4 Å². The molecule has 0 atom stereocenters. The smallest absolute Gasteiger partial charge is 0.422 e. The predicted octanol–water partition coefficient (Wildman–Crippen LogP) is 6.95. The lowest BCUT2D eigenvalue weighted by Crippen LogP contribution is -2.42. The van der Waals surface area contributed by atoms with Gasteiger partial charge in [0.2, 0.25) is 11.9 Å². The number of carbonyl (C=O) groups is 2. The Labute approximate surface area is 290 Å². The molecule has 1 saturated carbocycles. The van der Waals surface area contributed by atoms with Crippen molar-refractivity contribution in [1.29, 1.82) is 0 Å². The van der Waals surface area contributed by atoms with E-state index in [0.29, 0.717) is 23.6 Å². The van der Waals surface area contributed by atoms with Gasteiger partial charge in [0.15, 0.2) is 6.61 Å². The number of hydrogen-bond acceptors (Lipinski definition) is 9. The van der Waals surface area contributed by atoms with E-state index in [0.717, 1.165) is 17.2 Å². The Hall–Kier alpha value is -5.18. The number of nitrogens with zero attached hydrogens (tertiary/aromatic N) is 3. The third-order valence-corrected chi connectivity index (χ3v) is 7.96. The topological polar surface area (TPSA) is 142 Å². The second kappa shape index (κ2) is 14.7. The van der Waals surface area contributed by atoms with Crippen molar-refractivity contribution >= 4 is 52.4 Å². The van der Waals surface area contributed by atoms with Crippen LogP contribution in [0.25, 0.3) is 0 Å². The quantitative estimate of drug-likeness (QED) is 0.0735. The molecule has 0 unspecified atom stereocenters. The third-order valence-electron chi connectivity index (χ3n) is 7.70. The van der Waals surface area contributed by atoms with Gasteiger partial charge in [-0.25, -0.2) is 4.39 Å². The summed E-state index contributed by atoms with van der Waals surface area (Å²) < 4.78 is 58.8. The highest BCUT2D eigenvalue weighted by atomic mass is 35.5. The number of halogens is 5. The van der Waals surface area contributed by atoms with Crippen molar-refractivity contribution < 1.29 is 31.9 Å². The van der Waals surface area contributed by atoms with Crippen molar-refractivity contribution in [3.8, 4) is 6.01 Å². The molecule has 1 fully saturated rings. The van der Waals surface area contributed by atoms with E-state index in [1.165, 1.54) is 12.1 Å². The summed E-state index contributed by atoms with van der Waals surface area (Å²) in [6.45, 7) is 4.30. The van der Waals surface area contributed by atoms with Gasteiger partial charge in [0.05, 0.1) is 11.2 Å². The van der Waals surface area contributed by atoms with Crippen molar-refractivity contribution in [2.24, 2.45) is 5.41 Å². The number of nitrogens with one attached hydrogen (secondary N) is 5. The number of carbonyl (C=O) groups excluding carboxylic acids is 2. The zero-order chi connectivity index (χ0) is 36.1. The zero-order valence-corrected chi connectivity index (χ0v) is 28.1. The summed E-state index contributed by atoms with van der Waals surface area (Å²) >= 11 is 6.02. The van der Waals surface area contributed by atoms with Gasteiger partial charge < -0.3 is 31.3 Å². The second-order valence-electron chi connectivity index (χ2n) is 12.7. The van der Waals surface area contributed by atoms with Gasteiger partial charge in [-0.2, -0.15) is 28.1 Å². The molecule has 11 nitrogen and oxygen atoms in total. The van der Waals surface area contributed by atoms with Gasteiger partial charge in [-0.15, -0.1) is 0 Å². The summed E-state index contributed by atoms with van der Waals surface area (Å²) in [5.41, 5.74) is 1.62. The highest BCUT2D eigenvalue weighted by Gasteiger charge is 2.45. The number of anilines is 5. The maximum absolute atomic E-state index is 15.2. The fourth-order valence-electron chi connectivity index (χ4n) is 4.76. The second-order valence-corrected chi connectivity index (χ2v) is 13.2. The van der Waals surface area contributed by atoms with Crippen molar-refractivity contribution in [2.75, 3.05) is 41.0 Å². The van der Waals surface area contributed by atoms with E-state index < -0.39 is 47.4 Å². The van der Waals surface area contributed by atoms with Crippen LogP contribution in [-0.2, 0) is 15.1 Å². The molecule has 264 valence electrons. The first-order valence-electron chi connectivity index (χ1n) is 15.5. The number of ether oxygens (including phenoxy) is 1. The molecule has 2 amide bonds. The van der Waals surface area contributed by atoms with E-state index in [1.807, 2.05) is 45.0 Å². The van der Waals surface area contributed by atoms with E-state index in [1.54, 1.807) is 24.3 Å². The number of aryl methyl sites for hydroxylation is 1. The molecule has 0 saturated heterocycles. The summed E-state index contributed by atoms with van der Waals surface area (Å²) in [6.07, 6.45) is -3.20. The number of amides is 2. The highest BCUT2D eigenvalue weighted by molar-refractivity contribution is 6.39. The number of alkyl halides is 3. The monoisotopic (exact) mass is 714 g/mol. The normalized spacial score (nSPS) is 13.6. The maximum atomic E-state index is 15.2. The lowest BCUT2D eigenvalue weighted by molar-refractivity contribution is -0.154. The van der Waals surface area contributed by atoms with E-state index in [2.05, 4.69) is 41.5 Å². The lowest BCUT2D eigenvalue weighted by Gasteiger charge is -2.26. The molecular weight excluding hydrogens is 680 g/mol. The van der Waals surface area contributed by atoms with Gasteiger partial charge in [-0.05, 0) is 73.2 Å². The molecule has 1 heterocycles. The van der Waals surface area contributed by atoms with E-state index >= 15 is 4.39 Å². The molecule has 0 aliphatic heterocycles. The van der Waals surface area contributed by atoms with Crippen LogP contribution in [0.4, 0.5) is 46.5 Å². The first-order valence-corrected chi connectivity index (χ1v) is 15.9. The van der Waals surface area contributed by atoms with Crippen LogP contribution in [0, 0.1) is 18.2 Å². The van der Waals surface area contributed by atoms with Crippen LogP contribution in [0.2, 0.25) is 5.02 Å². The van der Waals surface area contributed by atoms with Gasteiger partial charge >= 0.3 is 24.0 Å². The molecule has 1 aromatic heterocycles. The van der Waals surface area contributed by atoms with Gasteiger partial charge in [-0.1, -0.05) is 55.3 Å². The Morgan fingerprint density at radius 1 is 0.880 bits per heavy atom. The van der Waals surface area contributed by atoms with Gasteiger partial charge in [0, 0.05) is 29.5 Å². The summed E-state index contributed by atoms with van der Waals surface area (Å²) in [4.78, 5) is 36.9. The predicted molar refractivity (Wildman–Crippen MR) is 182 cm³/mol. The Morgan fingerprint density at radius 2 is 1.54 bits per heavy atom. The molecule has 0 spiro atoms. The average molecular weight is 715 g/mol. The summed E-state index contributed by atoms with van der Waals surface area (Å²) in [5, 5.41) is 14.7. The summed E-state index contributed by atoms with van der Waals surface area (Å²) in [7, 11) is 0. The largest absolute Gasteiger partial charge is 0.454 e. The van der Waals surface area contributed by atoms with Gasteiger partial charge in [0.25, 0.3) is 0 Å². The maximum Gasteiger partial charge on any atom is 0.422 e. The fraction of sp³-hybridized carbons (Fsp3) is 0.324. The molecule has 5 N–H and O–H groups in total. The number of benzene rings is 3. The molecule has 1 aliphatic carbocycles. The lowest BCUT2D eigenvalue weighted by atomic mass is 9.93. The minimum atomic E-state index is -4.63. The van der Waals surface area contributed by atoms with Crippen molar-refractivity contribution in [3.05, 3.63) is 88.7 Å². The molecule has 5 rings (SSSR count). The molecule has 4 aromatic rings. The summed E-state index contributed by atoms with van der Waals surface area (Å²) in [5.74, 6) is -2.46. The van der Waals surface area contributed by atoms with Crippen LogP contribution < -0.4 is 31.3 Å². The van der Waals surface area contributed by atoms with Crippen LogP contribution in [-0.4, -0.2) is 52.6 Å². The molecule has 50 heavy (non-hydrogen) atoms. The number of rotatable bonds is 13. The van der Waals surface area contributed by atoms with Crippen LogP contribution in [0.15, 0.2) is 66.7 Å². The van der Waals surface area contributed by atoms with E-state index in [9.17, 15) is 22.8 Å². The third kappa shape index (κ3) is 10.2. The Balaban J connectivity index is 1.21. The first-order chi connectivity index (χ1) is 23.6. The highest BCUT2D eigenvalue weighted by Crippen LogP contribution is 2.48. The summed E-state index contributed by atoms with van der Waals surface area (Å²) in [6, 6.07) is 17.7. The van der Waals surface area contributed by atoms with Crippen LogP contribution in [0.3, 0.4) is 0 Å². The van der Waals surface area contributed by atoms with Gasteiger partial charge in [0.1, 0.15) is 5.82 Å². The van der Waals surface area contributed by atoms with Crippen molar-refractivity contribution in [2.45, 2.75) is 45.3 Å². The minimum Gasteiger partial charge on any atom is -0.454 e. The van der Waals surface area contributed by atoms with Crippen LogP contribution in [0.1, 0.15) is 37.8 Å². The SMILES string of the molecule is Cc1ccc(NC(=O)C(=O)NCC(C)(C)CNc2ccc(Nc3nc(NC4(c5ccc(Cl)cc5)CC4)nc(OCC(F)(F)F)n3)cc2F)cc1. The van der Waals surface area contributed by atoms with E-state index in [4.69, 9.17) is 16.3 Å².